The molecule has 0 saturated heterocycles. The highest BCUT2D eigenvalue weighted by Crippen LogP contribution is 2.19. The van der Waals surface area contributed by atoms with Crippen LogP contribution in [0.4, 0.5) is 0 Å². The van der Waals surface area contributed by atoms with Crippen molar-refractivity contribution in [2.45, 2.75) is 20.4 Å². The second kappa shape index (κ2) is 6.50. The van der Waals surface area contributed by atoms with Gasteiger partial charge in [0, 0.05) is 13.7 Å². The summed E-state index contributed by atoms with van der Waals surface area (Å²) < 4.78 is 6.67. The van der Waals surface area contributed by atoms with Gasteiger partial charge in [-0.1, -0.05) is 29.8 Å². The molecule has 110 valence electrons. The van der Waals surface area contributed by atoms with Crippen molar-refractivity contribution in [1.29, 1.82) is 0 Å². The van der Waals surface area contributed by atoms with Crippen LogP contribution in [0.5, 0.6) is 0 Å². The van der Waals surface area contributed by atoms with E-state index >= 15 is 0 Å². The van der Waals surface area contributed by atoms with Gasteiger partial charge in [0.25, 0.3) is 5.56 Å². The van der Waals surface area contributed by atoms with Crippen molar-refractivity contribution >= 4 is 5.78 Å². The van der Waals surface area contributed by atoms with Crippen molar-refractivity contribution in [1.82, 2.24) is 4.57 Å². The molecule has 0 amide bonds. The summed E-state index contributed by atoms with van der Waals surface area (Å²) in [6, 6.07) is 11.4. The van der Waals surface area contributed by atoms with Crippen LogP contribution in [-0.2, 0) is 11.3 Å². The van der Waals surface area contributed by atoms with Gasteiger partial charge in [0.05, 0.1) is 17.9 Å². The largest absolute Gasteiger partial charge is 0.383 e. The number of Topliss-reactive ketones (excluding diaryl/α,β-unsaturated/α-hetero) is 1. The molecule has 0 aliphatic carbocycles. The Morgan fingerprint density at radius 3 is 2.38 bits per heavy atom. The number of ketones is 1. The number of benzene rings is 1. The first-order chi connectivity index (χ1) is 10.0. The molecule has 0 radical (unpaired) electrons. The third-order valence-corrected chi connectivity index (χ3v) is 3.42. The normalized spacial score (nSPS) is 10.6. The van der Waals surface area contributed by atoms with Crippen LogP contribution in [0.1, 0.15) is 22.8 Å². The minimum Gasteiger partial charge on any atom is -0.383 e. The SMILES string of the molecule is COCCn1c(-c2ccc(C)cc2)ccc(C(C)=O)c1=O. The molecule has 2 aromatic rings. The molecule has 0 spiro atoms. The molecule has 0 atom stereocenters. The average molecular weight is 285 g/mol. The lowest BCUT2D eigenvalue weighted by molar-refractivity contribution is 0.101. The Morgan fingerprint density at radius 2 is 1.81 bits per heavy atom. The van der Waals surface area contributed by atoms with Crippen molar-refractivity contribution < 1.29 is 9.53 Å². The second-order valence-electron chi connectivity index (χ2n) is 5.00. The standard InChI is InChI=1S/C17H19NO3/c1-12-4-6-14(7-5-12)16-9-8-15(13(2)19)17(20)18(16)10-11-21-3/h4-9H,10-11H2,1-3H3. The highest BCUT2D eigenvalue weighted by Gasteiger charge is 2.13. The maximum absolute atomic E-state index is 12.5. The first-order valence-corrected chi connectivity index (χ1v) is 6.85. The van der Waals surface area contributed by atoms with Crippen LogP contribution in [0.2, 0.25) is 0 Å². The monoisotopic (exact) mass is 285 g/mol. The molecule has 0 saturated carbocycles. The summed E-state index contributed by atoms with van der Waals surface area (Å²) in [6.45, 7) is 4.25. The maximum Gasteiger partial charge on any atom is 0.261 e. The van der Waals surface area contributed by atoms with Gasteiger partial charge in [0.1, 0.15) is 0 Å². The van der Waals surface area contributed by atoms with Gasteiger partial charge in [-0.15, -0.1) is 0 Å². The van der Waals surface area contributed by atoms with E-state index in [2.05, 4.69) is 0 Å². The van der Waals surface area contributed by atoms with Gasteiger partial charge in [-0.2, -0.15) is 0 Å². The van der Waals surface area contributed by atoms with E-state index in [0.29, 0.717) is 13.2 Å². The Balaban J connectivity index is 2.59. The fraction of sp³-hybridized carbons (Fsp3) is 0.294. The van der Waals surface area contributed by atoms with E-state index in [4.69, 9.17) is 4.74 Å². The summed E-state index contributed by atoms with van der Waals surface area (Å²) in [5.41, 5.74) is 2.84. The lowest BCUT2D eigenvalue weighted by Gasteiger charge is -2.14. The van der Waals surface area contributed by atoms with Crippen LogP contribution in [0.25, 0.3) is 11.3 Å². The third-order valence-electron chi connectivity index (χ3n) is 3.42. The minimum atomic E-state index is -0.266. The minimum absolute atomic E-state index is 0.210. The molecule has 0 fully saturated rings. The lowest BCUT2D eigenvalue weighted by Crippen LogP contribution is -2.28. The van der Waals surface area contributed by atoms with E-state index in [1.807, 2.05) is 37.3 Å². The smallest absolute Gasteiger partial charge is 0.261 e. The maximum atomic E-state index is 12.5. The fourth-order valence-corrected chi connectivity index (χ4v) is 2.23. The molecule has 0 bridgehead atoms. The molecule has 0 aliphatic heterocycles. The zero-order valence-corrected chi connectivity index (χ0v) is 12.6. The van der Waals surface area contributed by atoms with Crippen molar-refractivity contribution in [2.24, 2.45) is 0 Å². The van der Waals surface area contributed by atoms with Crippen LogP contribution in [0.15, 0.2) is 41.2 Å². The molecule has 0 unspecified atom stereocenters. The highest BCUT2D eigenvalue weighted by molar-refractivity contribution is 5.94. The molecular formula is C17H19NO3. The second-order valence-corrected chi connectivity index (χ2v) is 5.00. The molecule has 2 rings (SSSR count). The van der Waals surface area contributed by atoms with Crippen molar-refractivity contribution in [3.63, 3.8) is 0 Å². The first kappa shape index (κ1) is 15.2. The highest BCUT2D eigenvalue weighted by atomic mass is 16.5. The lowest BCUT2D eigenvalue weighted by atomic mass is 10.1. The van der Waals surface area contributed by atoms with Gasteiger partial charge >= 0.3 is 0 Å². The molecule has 21 heavy (non-hydrogen) atoms. The van der Waals surface area contributed by atoms with Crippen molar-refractivity contribution in [3.05, 3.63) is 57.9 Å². The number of hydrogen-bond acceptors (Lipinski definition) is 3. The van der Waals surface area contributed by atoms with E-state index in [1.165, 1.54) is 6.92 Å². The van der Waals surface area contributed by atoms with E-state index < -0.39 is 0 Å². The van der Waals surface area contributed by atoms with E-state index in [9.17, 15) is 9.59 Å². The van der Waals surface area contributed by atoms with Gasteiger partial charge in [0.2, 0.25) is 0 Å². The number of aromatic nitrogens is 1. The number of rotatable bonds is 5. The van der Waals surface area contributed by atoms with E-state index in [-0.39, 0.29) is 16.9 Å². The summed E-state index contributed by atoms with van der Waals surface area (Å²) in [4.78, 5) is 24.0. The van der Waals surface area contributed by atoms with Crippen LogP contribution >= 0.6 is 0 Å². The molecule has 0 N–H and O–H groups in total. The van der Waals surface area contributed by atoms with Gasteiger partial charge in [-0.25, -0.2) is 0 Å². The molecule has 4 nitrogen and oxygen atoms in total. The number of nitrogens with zero attached hydrogens (tertiary/aromatic N) is 1. The molecule has 0 aliphatic rings. The Bertz CT molecular complexity index is 699. The topological polar surface area (TPSA) is 48.3 Å². The summed E-state index contributed by atoms with van der Waals surface area (Å²) in [5.74, 6) is -0.221. The molecular weight excluding hydrogens is 266 g/mol. The Labute approximate surface area is 124 Å². The Hall–Kier alpha value is -2.20. The van der Waals surface area contributed by atoms with Crippen LogP contribution < -0.4 is 5.56 Å². The van der Waals surface area contributed by atoms with Crippen molar-refractivity contribution in [2.75, 3.05) is 13.7 Å². The predicted octanol–water partition coefficient (Wildman–Crippen LogP) is 2.67. The average Bonchev–Trinajstić information content (AvgIpc) is 2.46. The first-order valence-electron chi connectivity index (χ1n) is 6.85. The zero-order chi connectivity index (χ0) is 15.4. The number of pyridine rings is 1. The Morgan fingerprint density at radius 1 is 1.14 bits per heavy atom. The summed E-state index contributed by atoms with van der Waals surface area (Å²) in [7, 11) is 1.59. The predicted molar refractivity (Wildman–Crippen MR) is 82.8 cm³/mol. The van der Waals surface area contributed by atoms with Gasteiger partial charge in [0.15, 0.2) is 5.78 Å². The number of ether oxygens (including phenoxy) is 1. The molecule has 1 aromatic carbocycles. The Kier molecular flexibility index (Phi) is 4.70. The van der Waals surface area contributed by atoms with Crippen LogP contribution in [0, 0.1) is 6.92 Å². The summed E-state index contributed by atoms with van der Waals surface area (Å²) >= 11 is 0. The molecule has 1 aromatic heterocycles. The molecule has 4 heteroatoms. The van der Waals surface area contributed by atoms with E-state index in [0.717, 1.165) is 16.8 Å². The quantitative estimate of drug-likeness (QED) is 0.794. The van der Waals surface area contributed by atoms with Gasteiger partial charge in [-0.3, -0.25) is 9.59 Å². The number of carbonyl (C=O) groups excluding carboxylic acids is 1. The fourth-order valence-electron chi connectivity index (χ4n) is 2.23. The van der Waals surface area contributed by atoms with Gasteiger partial charge < -0.3 is 9.30 Å². The number of methoxy groups -OCH3 is 1. The molecule has 1 heterocycles. The van der Waals surface area contributed by atoms with Crippen LogP contribution in [-0.4, -0.2) is 24.1 Å². The van der Waals surface area contributed by atoms with Crippen LogP contribution in [0.3, 0.4) is 0 Å². The number of hydrogen-bond donors (Lipinski definition) is 0. The number of carbonyl (C=O) groups is 1. The summed E-state index contributed by atoms with van der Waals surface area (Å²) in [6.07, 6.45) is 0. The summed E-state index contributed by atoms with van der Waals surface area (Å²) in [5, 5.41) is 0. The van der Waals surface area contributed by atoms with E-state index in [1.54, 1.807) is 17.7 Å². The number of aryl methyl sites for hydroxylation is 1. The third kappa shape index (κ3) is 3.28. The van der Waals surface area contributed by atoms with Gasteiger partial charge in [-0.05, 0) is 31.5 Å². The zero-order valence-electron chi connectivity index (χ0n) is 12.6. The van der Waals surface area contributed by atoms with Crippen molar-refractivity contribution in [3.8, 4) is 11.3 Å².